The highest BCUT2D eigenvalue weighted by molar-refractivity contribution is 5.67. The number of amides is 1. The highest BCUT2D eigenvalue weighted by Crippen LogP contribution is 2.36. The maximum Gasteiger partial charge on any atom is 0.409 e. The van der Waals surface area contributed by atoms with Crippen molar-refractivity contribution in [1.29, 1.82) is 0 Å². The van der Waals surface area contributed by atoms with E-state index in [-0.39, 0.29) is 19.3 Å². The van der Waals surface area contributed by atoms with Crippen LogP contribution in [-0.2, 0) is 18.4 Å². The molecule has 0 aromatic carbocycles. The number of carbonyl (C=O) groups excluding carboxylic acids is 1. The summed E-state index contributed by atoms with van der Waals surface area (Å²) in [6.07, 6.45) is 7.39. The van der Waals surface area contributed by atoms with Crippen molar-refractivity contribution in [3.8, 4) is 17.1 Å². The van der Waals surface area contributed by atoms with Crippen LogP contribution in [0.1, 0.15) is 62.8 Å². The number of rotatable bonds is 7. The summed E-state index contributed by atoms with van der Waals surface area (Å²) < 4.78 is 27.5. The first-order valence-electron chi connectivity index (χ1n) is 11.4. The number of halogens is 1. The fourth-order valence-corrected chi connectivity index (χ4v) is 4.35. The first kappa shape index (κ1) is 22.5. The Bertz CT molecular complexity index is 953. The molecule has 2 aliphatic carbocycles. The number of aryl methyl sites for hydroxylation is 2. The van der Waals surface area contributed by atoms with Crippen molar-refractivity contribution in [2.24, 2.45) is 7.05 Å². The largest absolute Gasteiger partial charge is 0.489 e. The number of carbonyl (C=O) groups is 1. The Morgan fingerprint density at radius 3 is 2.66 bits per heavy atom. The number of hydrogen-bond donors (Lipinski definition) is 0. The number of alkyl halides is 1. The van der Waals surface area contributed by atoms with Gasteiger partial charge in [0.25, 0.3) is 0 Å². The van der Waals surface area contributed by atoms with Crippen molar-refractivity contribution in [1.82, 2.24) is 24.9 Å². The highest BCUT2D eigenvalue weighted by Gasteiger charge is 2.39. The van der Waals surface area contributed by atoms with Gasteiger partial charge in [-0.1, -0.05) is 11.6 Å². The molecule has 0 unspecified atom stereocenters. The standard InChI is InChI=1S/C23H32FN5O3/c1-16-20(32-17-8-5-4-6-9-17)11-10-18(25-16)21-19(29(3)27-26-21)14-31-22(30)28(2)15-23(24)12-7-13-23/h10-11,17H,4-9,12-15H2,1-3H3. The maximum absolute atomic E-state index is 14.3. The van der Waals surface area contributed by atoms with Crippen LogP contribution in [0.25, 0.3) is 11.4 Å². The van der Waals surface area contributed by atoms with E-state index in [9.17, 15) is 9.18 Å². The van der Waals surface area contributed by atoms with Crippen molar-refractivity contribution in [2.45, 2.75) is 76.7 Å². The minimum Gasteiger partial charge on any atom is -0.489 e. The molecule has 0 aliphatic heterocycles. The molecule has 8 nitrogen and oxygen atoms in total. The number of hydrogen-bond acceptors (Lipinski definition) is 6. The van der Waals surface area contributed by atoms with Crippen LogP contribution in [0.4, 0.5) is 9.18 Å². The van der Waals surface area contributed by atoms with Gasteiger partial charge in [0.15, 0.2) is 0 Å². The molecule has 0 N–H and O–H groups in total. The van der Waals surface area contributed by atoms with Crippen LogP contribution in [-0.4, -0.2) is 56.3 Å². The Morgan fingerprint density at radius 2 is 2.00 bits per heavy atom. The topological polar surface area (TPSA) is 82.4 Å². The molecule has 2 aliphatic rings. The molecule has 1 amide bonds. The second-order valence-electron chi connectivity index (χ2n) is 9.08. The predicted octanol–water partition coefficient (Wildman–Crippen LogP) is 4.36. The van der Waals surface area contributed by atoms with Crippen molar-refractivity contribution >= 4 is 6.09 Å². The molecule has 0 atom stereocenters. The molecular formula is C23H32FN5O3. The first-order valence-corrected chi connectivity index (χ1v) is 11.4. The van der Waals surface area contributed by atoms with E-state index in [2.05, 4.69) is 15.3 Å². The summed E-state index contributed by atoms with van der Waals surface area (Å²) in [7, 11) is 3.29. The molecule has 4 rings (SSSR count). The van der Waals surface area contributed by atoms with E-state index in [0.29, 0.717) is 29.9 Å². The van der Waals surface area contributed by atoms with E-state index in [1.54, 1.807) is 18.8 Å². The molecule has 0 radical (unpaired) electrons. The van der Waals surface area contributed by atoms with Crippen LogP contribution < -0.4 is 4.74 Å². The van der Waals surface area contributed by atoms with Gasteiger partial charge in [-0.3, -0.25) is 0 Å². The Hall–Kier alpha value is -2.71. The molecule has 2 aromatic rings. The van der Waals surface area contributed by atoms with E-state index in [0.717, 1.165) is 30.7 Å². The SMILES string of the molecule is Cc1nc(-c2nnn(C)c2COC(=O)N(C)CC2(F)CCC2)ccc1OC1CCCCC1. The van der Waals surface area contributed by atoms with Crippen LogP contribution in [0, 0.1) is 6.92 Å². The average molecular weight is 446 g/mol. The van der Waals surface area contributed by atoms with Gasteiger partial charge < -0.3 is 14.4 Å². The van der Waals surface area contributed by atoms with E-state index in [4.69, 9.17) is 9.47 Å². The molecule has 2 aromatic heterocycles. The molecule has 0 spiro atoms. The van der Waals surface area contributed by atoms with Gasteiger partial charge in [-0.2, -0.15) is 0 Å². The zero-order valence-electron chi connectivity index (χ0n) is 19.1. The smallest absolute Gasteiger partial charge is 0.409 e. The highest BCUT2D eigenvalue weighted by atomic mass is 19.1. The molecule has 2 heterocycles. The van der Waals surface area contributed by atoms with Crippen LogP contribution in [0.15, 0.2) is 12.1 Å². The van der Waals surface area contributed by atoms with Crippen LogP contribution in [0.2, 0.25) is 0 Å². The fraction of sp³-hybridized carbons (Fsp3) is 0.652. The summed E-state index contributed by atoms with van der Waals surface area (Å²) in [5, 5.41) is 8.30. The molecule has 2 fully saturated rings. The van der Waals surface area contributed by atoms with Gasteiger partial charge in [-0.15, -0.1) is 5.10 Å². The summed E-state index contributed by atoms with van der Waals surface area (Å²) in [6, 6.07) is 3.78. The second-order valence-corrected chi connectivity index (χ2v) is 9.08. The molecule has 0 bridgehead atoms. The maximum atomic E-state index is 14.3. The lowest BCUT2D eigenvalue weighted by Gasteiger charge is -2.36. The number of nitrogens with zero attached hydrogens (tertiary/aromatic N) is 5. The predicted molar refractivity (Wildman–Crippen MR) is 117 cm³/mol. The van der Waals surface area contributed by atoms with E-state index in [1.807, 2.05) is 19.1 Å². The molecule has 174 valence electrons. The average Bonchev–Trinajstić information content (AvgIpc) is 3.13. The molecule has 9 heteroatoms. The summed E-state index contributed by atoms with van der Waals surface area (Å²) in [6.45, 7) is 1.94. The van der Waals surface area contributed by atoms with Gasteiger partial charge in [0, 0.05) is 14.1 Å². The summed E-state index contributed by atoms with van der Waals surface area (Å²) in [4.78, 5) is 18.3. The number of pyridine rings is 1. The first-order chi connectivity index (χ1) is 15.3. The van der Waals surface area contributed by atoms with Crippen LogP contribution >= 0.6 is 0 Å². The molecule has 0 saturated heterocycles. The van der Waals surface area contributed by atoms with Gasteiger partial charge in [0.05, 0.1) is 24.0 Å². The third-order valence-electron chi connectivity index (χ3n) is 6.48. The minimum atomic E-state index is -1.28. The third kappa shape index (κ3) is 5.02. The third-order valence-corrected chi connectivity index (χ3v) is 6.48. The lowest BCUT2D eigenvalue weighted by atomic mass is 9.82. The zero-order valence-corrected chi connectivity index (χ0v) is 19.1. The van der Waals surface area contributed by atoms with Crippen LogP contribution in [0.3, 0.4) is 0 Å². The minimum absolute atomic E-state index is 0.0255. The zero-order chi connectivity index (χ0) is 22.7. The van der Waals surface area contributed by atoms with Crippen molar-refractivity contribution in [3.05, 3.63) is 23.5 Å². The molecule has 2 saturated carbocycles. The van der Waals surface area contributed by atoms with Crippen molar-refractivity contribution in [2.75, 3.05) is 13.6 Å². The quantitative estimate of drug-likeness (QED) is 0.630. The van der Waals surface area contributed by atoms with E-state index >= 15 is 0 Å². The normalized spacial score (nSPS) is 18.1. The van der Waals surface area contributed by atoms with Gasteiger partial charge in [-0.05, 0) is 64.0 Å². The van der Waals surface area contributed by atoms with Gasteiger partial charge in [0.1, 0.15) is 29.4 Å². The monoisotopic (exact) mass is 445 g/mol. The molecular weight excluding hydrogens is 413 g/mol. The fourth-order valence-electron chi connectivity index (χ4n) is 4.35. The van der Waals surface area contributed by atoms with Gasteiger partial charge in [0.2, 0.25) is 0 Å². The Balaban J connectivity index is 1.41. The Kier molecular flexibility index (Phi) is 6.62. The van der Waals surface area contributed by atoms with E-state index < -0.39 is 11.8 Å². The lowest BCUT2D eigenvalue weighted by molar-refractivity contribution is 0.0211. The summed E-state index contributed by atoms with van der Waals surface area (Å²) >= 11 is 0. The number of aromatic nitrogens is 4. The molecule has 32 heavy (non-hydrogen) atoms. The summed E-state index contributed by atoms with van der Waals surface area (Å²) in [5.74, 6) is 0.787. The van der Waals surface area contributed by atoms with Crippen LogP contribution in [0.5, 0.6) is 5.75 Å². The van der Waals surface area contributed by atoms with Gasteiger partial charge >= 0.3 is 6.09 Å². The Labute approximate surface area is 188 Å². The Morgan fingerprint density at radius 1 is 1.25 bits per heavy atom. The van der Waals surface area contributed by atoms with E-state index in [1.165, 1.54) is 24.2 Å². The van der Waals surface area contributed by atoms with Crippen molar-refractivity contribution in [3.63, 3.8) is 0 Å². The second kappa shape index (κ2) is 9.42. The number of ether oxygens (including phenoxy) is 2. The van der Waals surface area contributed by atoms with Gasteiger partial charge in [-0.25, -0.2) is 18.9 Å². The lowest BCUT2D eigenvalue weighted by Crippen LogP contribution is -2.45. The van der Waals surface area contributed by atoms with Crippen molar-refractivity contribution < 1.29 is 18.7 Å². The summed E-state index contributed by atoms with van der Waals surface area (Å²) in [5.41, 5.74) is 1.32.